The van der Waals surface area contributed by atoms with E-state index in [1.54, 1.807) is 12.1 Å². The molecule has 0 heterocycles. The maximum absolute atomic E-state index is 6.14. The van der Waals surface area contributed by atoms with E-state index in [1.165, 1.54) is 3.57 Å². The summed E-state index contributed by atoms with van der Waals surface area (Å²) in [6.45, 7) is 0.785. The van der Waals surface area contributed by atoms with Crippen LogP contribution in [-0.2, 0) is 13.2 Å². The van der Waals surface area contributed by atoms with Gasteiger partial charge in [0.2, 0.25) is 0 Å². The SMILES string of the molecule is NCc1cc(Cl)cc(Cl)c1OCc1ccc(I)cc1. The fraction of sp³-hybridized carbons (Fsp3) is 0.143. The molecule has 0 aliphatic heterocycles. The molecular weight excluding hydrogens is 396 g/mol. The van der Waals surface area contributed by atoms with Crippen LogP contribution in [0.5, 0.6) is 5.75 Å². The topological polar surface area (TPSA) is 35.2 Å². The second kappa shape index (κ2) is 6.79. The predicted molar refractivity (Wildman–Crippen MR) is 87.8 cm³/mol. The van der Waals surface area contributed by atoms with Gasteiger partial charge in [0.1, 0.15) is 12.4 Å². The van der Waals surface area contributed by atoms with Gasteiger partial charge in [-0.1, -0.05) is 35.3 Å². The van der Waals surface area contributed by atoms with E-state index in [0.29, 0.717) is 28.9 Å². The molecule has 0 unspecified atom stereocenters. The normalized spacial score (nSPS) is 10.5. The lowest BCUT2D eigenvalue weighted by Gasteiger charge is -2.13. The number of nitrogens with two attached hydrogens (primary N) is 1. The lowest BCUT2D eigenvalue weighted by atomic mass is 10.2. The highest BCUT2D eigenvalue weighted by Gasteiger charge is 2.10. The van der Waals surface area contributed by atoms with Crippen molar-refractivity contribution in [2.45, 2.75) is 13.2 Å². The van der Waals surface area contributed by atoms with Crippen LogP contribution in [0.4, 0.5) is 0 Å². The molecule has 0 aromatic heterocycles. The van der Waals surface area contributed by atoms with Crippen molar-refractivity contribution >= 4 is 45.8 Å². The first kappa shape index (κ1) is 14.9. The molecular formula is C14H12Cl2INO. The largest absolute Gasteiger partial charge is 0.487 e. The third-order valence-corrected chi connectivity index (χ3v) is 3.82. The molecule has 0 amide bonds. The minimum Gasteiger partial charge on any atom is -0.487 e. The van der Waals surface area contributed by atoms with Gasteiger partial charge in [0, 0.05) is 20.7 Å². The highest BCUT2D eigenvalue weighted by atomic mass is 127. The van der Waals surface area contributed by atoms with E-state index < -0.39 is 0 Å². The van der Waals surface area contributed by atoms with Crippen molar-refractivity contribution in [3.8, 4) is 5.75 Å². The molecule has 0 aliphatic rings. The second-order valence-corrected chi connectivity index (χ2v) is 6.08. The number of hydrogen-bond acceptors (Lipinski definition) is 2. The van der Waals surface area contributed by atoms with Crippen molar-refractivity contribution in [3.05, 3.63) is 61.1 Å². The number of hydrogen-bond donors (Lipinski definition) is 1. The Hall–Kier alpha value is -0.490. The highest BCUT2D eigenvalue weighted by Crippen LogP contribution is 2.32. The molecule has 2 nitrogen and oxygen atoms in total. The van der Waals surface area contributed by atoms with Gasteiger partial charge in [-0.05, 0) is 52.4 Å². The van der Waals surface area contributed by atoms with Crippen LogP contribution in [0, 0.1) is 3.57 Å². The van der Waals surface area contributed by atoms with Crippen LogP contribution in [0.1, 0.15) is 11.1 Å². The van der Waals surface area contributed by atoms with Crippen LogP contribution in [0.2, 0.25) is 10.0 Å². The Morgan fingerprint density at radius 2 is 1.79 bits per heavy atom. The first-order valence-electron chi connectivity index (χ1n) is 5.65. The van der Waals surface area contributed by atoms with Crippen molar-refractivity contribution in [1.29, 1.82) is 0 Å². The van der Waals surface area contributed by atoms with Gasteiger partial charge in [0.25, 0.3) is 0 Å². The average Bonchev–Trinajstić information content (AvgIpc) is 2.39. The first-order valence-corrected chi connectivity index (χ1v) is 7.49. The summed E-state index contributed by atoms with van der Waals surface area (Å²) in [4.78, 5) is 0. The molecule has 0 saturated heterocycles. The molecule has 0 spiro atoms. The third-order valence-electron chi connectivity index (χ3n) is 2.60. The third kappa shape index (κ3) is 3.99. The van der Waals surface area contributed by atoms with Crippen LogP contribution in [0.15, 0.2) is 36.4 Å². The van der Waals surface area contributed by atoms with Gasteiger partial charge in [-0.2, -0.15) is 0 Å². The first-order chi connectivity index (χ1) is 9.10. The van der Waals surface area contributed by atoms with Crippen LogP contribution in [0.25, 0.3) is 0 Å². The summed E-state index contributed by atoms with van der Waals surface area (Å²) in [6, 6.07) is 11.5. The maximum Gasteiger partial charge on any atom is 0.142 e. The predicted octanol–water partition coefficient (Wildman–Crippen LogP) is 4.64. The van der Waals surface area contributed by atoms with E-state index in [2.05, 4.69) is 22.6 Å². The van der Waals surface area contributed by atoms with Crippen molar-refractivity contribution in [2.24, 2.45) is 5.73 Å². The molecule has 5 heteroatoms. The van der Waals surface area contributed by atoms with Crippen molar-refractivity contribution in [3.63, 3.8) is 0 Å². The van der Waals surface area contributed by atoms with E-state index in [-0.39, 0.29) is 0 Å². The number of ether oxygens (including phenoxy) is 1. The molecule has 2 rings (SSSR count). The summed E-state index contributed by atoms with van der Waals surface area (Å²) in [5.74, 6) is 0.604. The standard InChI is InChI=1S/C14H12Cl2INO/c15-11-5-10(7-18)14(13(16)6-11)19-8-9-1-3-12(17)4-2-9/h1-6H,7-8,18H2. The fourth-order valence-electron chi connectivity index (χ4n) is 1.66. The second-order valence-electron chi connectivity index (χ2n) is 4.00. The molecule has 0 bridgehead atoms. The number of halogens is 3. The van der Waals surface area contributed by atoms with Crippen molar-refractivity contribution < 1.29 is 4.74 Å². The molecule has 19 heavy (non-hydrogen) atoms. The zero-order valence-electron chi connectivity index (χ0n) is 10.00. The Bertz CT molecular complexity index is 572. The summed E-state index contributed by atoms with van der Waals surface area (Å²) in [6.07, 6.45) is 0. The lowest BCUT2D eigenvalue weighted by molar-refractivity contribution is 0.303. The molecule has 2 N–H and O–H groups in total. The van der Waals surface area contributed by atoms with Gasteiger partial charge in [-0.3, -0.25) is 0 Å². The maximum atomic E-state index is 6.14. The van der Waals surface area contributed by atoms with Crippen LogP contribution in [-0.4, -0.2) is 0 Å². The Labute approximate surface area is 136 Å². The van der Waals surface area contributed by atoms with Crippen molar-refractivity contribution in [2.75, 3.05) is 0 Å². The van der Waals surface area contributed by atoms with Gasteiger partial charge in [0.05, 0.1) is 5.02 Å². The molecule has 0 atom stereocenters. The summed E-state index contributed by atoms with van der Waals surface area (Å²) in [5.41, 5.74) is 7.57. The Morgan fingerprint density at radius 1 is 1.11 bits per heavy atom. The monoisotopic (exact) mass is 407 g/mol. The Morgan fingerprint density at radius 3 is 2.42 bits per heavy atom. The van der Waals surface area contributed by atoms with Gasteiger partial charge < -0.3 is 10.5 Å². The van der Waals surface area contributed by atoms with Crippen molar-refractivity contribution in [1.82, 2.24) is 0 Å². The van der Waals surface area contributed by atoms with Gasteiger partial charge in [0.15, 0.2) is 0 Å². The number of rotatable bonds is 4. The lowest BCUT2D eigenvalue weighted by Crippen LogP contribution is -2.03. The summed E-state index contributed by atoms with van der Waals surface area (Å²) < 4.78 is 6.96. The Balaban J connectivity index is 2.17. The van der Waals surface area contributed by atoms with E-state index in [9.17, 15) is 0 Å². The van der Waals surface area contributed by atoms with E-state index in [4.69, 9.17) is 33.7 Å². The Kier molecular flexibility index (Phi) is 5.33. The summed E-state index contributed by atoms with van der Waals surface area (Å²) in [7, 11) is 0. The number of benzene rings is 2. The smallest absolute Gasteiger partial charge is 0.142 e. The minimum absolute atomic E-state index is 0.336. The molecule has 0 radical (unpaired) electrons. The summed E-state index contributed by atoms with van der Waals surface area (Å²) in [5, 5.41) is 1.05. The van der Waals surface area contributed by atoms with E-state index in [0.717, 1.165) is 11.1 Å². The minimum atomic E-state index is 0.336. The van der Waals surface area contributed by atoms with Gasteiger partial charge in [-0.25, -0.2) is 0 Å². The van der Waals surface area contributed by atoms with Crippen LogP contribution >= 0.6 is 45.8 Å². The fourth-order valence-corrected chi connectivity index (χ4v) is 2.61. The van der Waals surface area contributed by atoms with Crippen LogP contribution < -0.4 is 10.5 Å². The van der Waals surface area contributed by atoms with Gasteiger partial charge >= 0.3 is 0 Å². The summed E-state index contributed by atoms with van der Waals surface area (Å²) >= 11 is 14.3. The molecule has 0 aliphatic carbocycles. The molecule has 2 aromatic rings. The zero-order valence-corrected chi connectivity index (χ0v) is 13.7. The molecule has 100 valence electrons. The molecule has 2 aromatic carbocycles. The van der Waals surface area contributed by atoms with Crippen LogP contribution in [0.3, 0.4) is 0 Å². The average molecular weight is 408 g/mol. The zero-order chi connectivity index (χ0) is 13.8. The quantitative estimate of drug-likeness (QED) is 0.749. The van der Waals surface area contributed by atoms with E-state index >= 15 is 0 Å². The molecule has 0 fully saturated rings. The molecule has 0 saturated carbocycles. The highest BCUT2D eigenvalue weighted by molar-refractivity contribution is 14.1. The van der Waals surface area contributed by atoms with E-state index in [1.807, 2.05) is 24.3 Å². The van der Waals surface area contributed by atoms with Gasteiger partial charge in [-0.15, -0.1) is 0 Å².